The van der Waals surface area contributed by atoms with Crippen molar-refractivity contribution in [1.82, 2.24) is 14.5 Å². The van der Waals surface area contributed by atoms with E-state index >= 15 is 0 Å². The molecule has 2 N–H and O–H groups in total. The Morgan fingerprint density at radius 1 is 1.17 bits per heavy atom. The van der Waals surface area contributed by atoms with Crippen LogP contribution >= 0.6 is 0 Å². The summed E-state index contributed by atoms with van der Waals surface area (Å²) < 4.78 is 21.1. The Bertz CT molecular complexity index is 1250. The zero-order valence-electron chi connectivity index (χ0n) is 16.5. The molecule has 7 heteroatoms. The molecule has 0 amide bonds. The number of phenolic OH excluding ortho intramolecular Hbond substituents is 1. The second-order valence-corrected chi connectivity index (χ2v) is 7.41. The molecule has 0 saturated heterocycles. The van der Waals surface area contributed by atoms with E-state index in [4.69, 9.17) is 14.7 Å². The summed E-state index contributed by atoms with van der Waals surface area (Å²) in [5, 5.41) is 14.3. The lowest BCUT2D eigenvalue weighted by Gasteiger charge is -2.21. The van der Waals surface area contributed by atoms with Crippen molar-refractivity contribution < 1.29 is 14.2 Å². The Hall–Kier alpha value is -3.45. The summed E-state index contributed by atoms with van der Waals surface area (Å²) in [5.74, 6) is 1.18. The van der Waals surface area contributed by atoms with Gasteiger partial charge in [-0.15, -0.1) is 0 Å². The fourth-order valence-electron chi connectivity index (χ4n) is 3.91. The van der Waals surface area contributed by atoms with Gasteiger partial charge in [-0.25, -0.2) is 9.37 Å². The Morgan fingerprint density at radius 2 is 2.03 bits per heavy atom. The third-order valence-electron chi connectivity index (χ3n) is 5.37. The highest BCUT2D eigenvalue weighted by molar-refractivity contribution is 5.88. The molecular formula is C23H21FN4O2. The first-order valence-corrected chi connectivity index (χ1v) is 9.86. The zero-order chi connectivity index (χ0) is 20.7. The van der Waals surface area contributed by atoms with E-state index in [-0.39, 0.29) is 11.6 Å². The smallest absolute Gasteiger partial charge is 0.236 e. The van der Waals surface area contributed by atoms with Crippen LogP contribution in [0.2, 0.25) is 0 Å². The molecule has 1 aliphatic heterocycles. The molecule has 0 saturated carbocycles. The molecule has 0 bridgehead atoms. The monoisotopic (exact) mass is 404 g/mol. The van der Waals surface area contributed by atoms with Crippen molar-refractivity contribution in [2.75, 3.05) is 11.9 Å². The van der Waals surface area contributed by atoms with E-state index in [1.54, 1.807) is 12.1 Å². The highest BCUT2D eigenvalue weighted by Gasteiger charge is 2.21. The van der Waals surface area contributed by atoms with Crippen LogP contribution < -0.4 is 5.32 Å². The lowest BCUT2D eigenvalue weighted by molar-refractivity contribution is 0.109. The first-order valence-electron chi connectivity index (χ1n) is 9.86. The number of aromatic hydroxyl groups is 1. The van der Waals surface area contributed by atoms with E-state index in [1.165, 1.54) is 12.1 Å². The molecule has 1 aliphatic rings. The Labute approximate surface area is 173 Å². The van der Waals surface area contributed by atoms with Gasteiger partial charge in [-0.1, -0.05) is 18.2 Å². The van der Waals surface area contributed by atoms with Crippen LogP contribution in [-0.2, 0) is 24.3 Å². The molecule has 4 aromatic rings. The fourth-order valence-corrected chi connectivity index (χ4v) is 3.91. The second kappa shape index (κ2) is 7.42. The molecule has 3 heterocycles. The minimum atomic E-state index is -0.266. The number of aryl methyl sites for hydroxylation is 1. The molecular weight excluding hydrogens is 383 g/mol. The predicted molar refractivity (Wildman–Crippen MR) is 112 cm³/mol. The molecule has 6 nitrogen and oxygen atoms in total. The van der Waals surface area contributed by atoms with Gasteiger partial charge in [0.05, 0.1) is 24.4 Å². The number of ether oxygens (including phenoxy) is 1. The number of aromatic nitrogens is 3. The van der Waals surface area contributed by atoms with Crippen LogP contribution in [0.25, 0.3) is 16.9 Å². The van der Waals surface area contributed by atoms with Gasteiger partial charge in [-0.2, -0.15) is 4.98 Å². The number of nitrogens with one attached hydrogen (secondary N) is 1. The second-order valence-electron chi connectivity index (χ2n) is 7.41. The average Bonchev–Trinajstić information content (AvgIpc) is 3.09. The van der Waals surface area contributed by atoms with Crippen LogP contribution in [0.5, 0.6) is 5.75 Å². The van der Waals surface area contributed by atoms with Gasteiger partial charge >= 0.3 is 0 Å². The number of halogens is 1. The highest BCUT2D eigenvalue weighted by Crippen LogP contribution is 2.31. The van der Waals surface area contributed by atoms with E-state index < -0.39 is 0 Å². The van der Waals surface area contributed by atoms with E-state index in [0.717, 1.165) is 33.4 Å². The molecule has 5 rings (SSSR count). The Balaban J connectivity index is 1.60. The van der Waals surface area contributed by atoms with Crippen molar-refractivity contribution in [3.05, 3.63) is 76.9 Å². The maximum atomic E-state index is 13.5. The molecule has 0 aliphatic carbocycles. The van der Waals surface area contributed by atoms with Crippen molar-refractivity contribution in [2.24, 2.45) is 0 Å². The number of nitrogens with zero attached hydrogens (tertiary/aromatic N) is 3. The molecule has 152 valence electrons. The van der Waals surface area contributed by atoms with Crippen molar-refractivity contribution in [3.8, 4) is 11.7 Å². The molecule has 0 unspecified atom stereocenters. The third-order valence-corrected chi connectivity index (χ3v) is 5.37. The Morgan fingerprint density at radius 3 is 2.90 bits per heavy atom. The largest absolute Gasteiger partial charge is 0.507 e. The van der Waals surface area contributed by atoms with Gasteiger partial charge in [0.15, 0.2) is 0 Å². The summed E-state index contributed by atoms with van der Waals surface area (Å²) in [7, 11) is 0. The van der Waals surface area contributed by atoms with E-state index in [1.807, 2.05) is 35.8 Å². The molecule has 30 heavy (non-hydrogen) atoms. The van der Waals surface area contributed by atoms with E-state index in [0.29, 0.717) is 37.9 Å². The van der Waals surface area contributed by atoms with Crippen molar-refractivity contribution in [2.45, 2.75) is 26.5 Å². The third kappa shape index (κ3) is 3.27. The molecule has 0 spiro atoms. The summed E-state index contributed by atoms with van der Waals surface area (Å²) in [6.45, 7) is 3.45. The van der Waals surface area contributed by atoms with Gasteiger partial charge in [-0.3, -0.25) is 4.57 Å². The van der Waals surface area contributed by atoms with Gasteiger partial charge in [0.25, 0.3) is 0 Å². The number of fused-ring (bicyclic) bond motifs is 2. The van der Waals surface area contributed by atoms with E-state index in [2.05, 4.69) is 5.32 Å². The Kier molecular flexibility index (Phi) is 4.59. The van der Waals surface area contributed by atoms with Crippen LogP contribution in [0.1, 0.15) is 22.5 Å². The molecule has 0 radical (unpaired) electrons. The number of benzene rings is 2. The number of hydrogen-bond acceptors (Lipinski definition) is 5. The molecule has 0 fully saturated rings. The SMILES string of the molecule is Cc1cc2c(O)cccc2n1-c1nc2c(c(NCc3cccc(F)c3)n1)COCC2. The summed E-state index contributed by atoms with van der Waals surface area (Å²) in [6.07, 6.45) is 0.697. The topological polar surface area (TPSA) is 72.2 Å². The normalized spacial score (nSPS) is 13.4. The maximum absolute atomic E-state index is 13.5. The molecule has 2 aromatic heterocycles. The average molecular weight is 404 g/mol. The van der Waals surface area contributed by atoms with Gasteiger partial charge in [0.2, 0.25) is 5.95 Å². The van der Waals surface area contributed by atoms with Crippen molar-refractivity contribution in [3.63, 3.8) is 0 Å². The summed E-state index contributed by atoms with van der Waals surface area (Å²) in [5.41, 5.74) is 4.46. The first kappa shape index (κ1) is 18.6. The summed E-state index contributed by atoms with van der Waals surface area (Å²) in [4.78, 5) is 9.61. The van der Waals surface area contributed by atoms with Crippen molar-refractivity contribution in [1.29, 1.82) is 0 Å². The quantitative estimate of drug-likeness (QED) is 0.532. The molecule has 0 atom stereocenters. The summed E-state index contributed by atoms with van der Waals surface area (Å²) in [6, 6.07) is 13.8. The van der Waals surface area contributed by atoms with Crippen LogP contribution in [0.15, 0.2) is 48.5 Å². The van der Waals surface area contributed by atoms with Gasteiger partial charge < -0.3 is 15.2 Å². The molecule has 2 aromatic carbocycles. The minimum absolute atomic E-state index is 0.227. The van der Waals surface area contributed by atoms with Crippen LogP contribution in [-0.4, -0.2) is 26.2 Å². The minimum Gasteiger partial charge on any atom is -0.507 e. The maximum Gasteiger partial charge on any atom is 0.236 e. The standard InChI is InChI=1S/C23H21FN4O2/c1-14-10-17-20(6-3-7-21(17)29)28(14)23-26-19-8-9-30-13-18(19)22(27-23)25-12-15-4-2-5-16(24)11-15/h2-7,10-11,29H,8-9,12-13H2,1H3,(H,25,26,27). The number of anilines is 1. The zero-order valence-corrected chi connectivity index (χ0v) is 16.5. The van der Waals surface area contributed by atoms with Crippen LogP contribution in [0.3, 0.4) is 0 Å². The van der Waals surface area contributed by atoms with E-state index in [9.17, 15) is 9.50 Å². The predicted octanol–water partition coefficient (Wildman–Crippen LogP) is 4.26. The number of rotatable bonds is 4. The number of phenols is 1. The van der Waals surface area contributed by atoms with Gasteiger partial charge in [0, 0.05) is 29.6 Å². The van der Waals surface area contributed by atoms with Gasteiger partial charge in [-0.05, 0) is 42.8 Å². The fraction of sp³-hybridized carbons (Fsp3) is 0.217. The highest BCUT2D eigenvalue weighted by atomic mass is 19.1. The lowest BCUT2D eigenvalue weighted by atomic mass is 10.1. The first-order chi connectivity index (χ1) is 14.6. The lowest BCUT2D eigenvalue weighted by Crippen LogP contribution is -2.19. The number of hydrogen-bond donors (Lipinski definition) is 2. The van der Waals surface area contributed by atoms with Crippen LogP contribution in [0, 0.1) is 12.7 Å². The van der Waals surface area contributed by atoms with Crippen LogP contribution in [0.4, 0.5) is 10.2 Å². The van der Waals surface area contributed by atoms with Crippen molar-refractivity contribution >= 4 is 16.7 Å². The summed E-state index contributed by atoms with van der Waals surface area (Å²) >= 11 is 0. The van der Waals surface area contributed by atoms with Gasteiger partial charge in [0.1, 0.15) is 17.4 Å².